The van der Waals surface area contributed by atoms with E-state index < -0.39 is 12.2 Å². The standard InChI is InChI=1S/C15H20O3/c1-8-5-4-6-15(3)11(8)7-10-9(2)14(17)18-12(10)13(15)16/h11-13,16H,1,4-7H2,2-3H3. The van der Waals surface area contributed by atoms with Gasteiger partial charge in [-0.3, -0.25) is 0 Å². The third kappa shape index (κ3) is 1.37. The van der Waals surface area contributed by atoms with Crippen LogP contribution in [0.25, 0.3) is 0 Å². The predicted octanol–water partition coefficient (Wildman–Crippen LogP) is 2.36. The minimum Gasteiger partial charge on any atom is -0.452 e. The van der Waals surface area contributed by atoms with Crippen molar-refractivity contribution in [3.05, 3.63) is 23.3 Å². The Balaban J connectivity index is 2.04. The van der Waals surface area contributed by atoms with E-state index in [1.165, 1.54) is 5.57 Å². The molecule has 0 bridgehead atoms. The lowest BCUT2D eigenvalue weighted by Gasteiger charge is -2.51. The van der Waals surface area contributed by atoms with E-state index in [2.05, 4.69) is 13.5 Å². The Morgan fingerprint density at radius 1 is 1.50 bits per heavy atom. The highest BCUT2D eigenvalue weighted by Crippen LogP contribution is 2.55. The molecule has 0 aromatic carbocycles. The number of fused-ring (bicyclic) bond motifs is 2. The molecular formula is C15H20O3. The first-order valence-corrected chi connectivity index (χ1v) is 6.71. The Labute approximate surface area is 108 Å². The van der Waals surface area contributed by atoms with Crippen LogP contribution in [0.2, 0.25) is 0 Å². The maximum Gasteiger partial charge on any atom is 0.334 e. The Bertz CT molecular complexity index is 462. The molecule has 4 atom stereocenters. The number of rotatable bonds is 0. The third-order valence-electron chi connectivity index (χ3n) is 5.25. The van der Waals surface area contributed by atoms with Gasteiger partial charge < -0.3 is 9.84 Å². The molecule has 1 aliphatic heterocycles. The number of aliphatic hydroxyl groups is 1. The number of hydrogen-bond donors (Lipinski definition) is 1. The van der Waals surface area contributed by atoms with Gasteiger partial charge >= 0.3 is 5.97 Å². The van der Waals surface area contributed by atoms with Crippen LogP contribution in [0.15, 0.2) is 23.3 Å². The number of aliphatic hydroxyl groups excluding tert-OH is 1. The summed E-state index contributed by atoms with van der Waals surface area (Å²) in [4.78, 5) is 11.7. The summed E-state index contributed by atoms with van der Waals surface area (Å²) in [7, 11) is 0. The number of carbonyl (C=O) groups excluding carboxylic acids is 1. The molecule has 3 rings (SSSR count). The van der Waals surface area contributed by atoms with Gasteiger partial charge in [-0.1, -0.05) is 19.1 Å². The number of allylic oxidation sites excluding steroid dienone is 1. The second-order valence-corrected chi connectivity index (χ2v) is 6.20. The van der Waals surface area contributed by atoms with E-state index in [0.29, 0.717) is 5.57 Å². The van der Waals surface area contributed by atoms with Crippen molar-refractivity contribution in [2.75, 3.05) is 0 Å². The molecule has 2 saturated carbocycles. The van der Waals surface area contributed by atoms with Gasteiger partial charge in [0.05, 0.1) is 0 Å². The highest BCUT2D eigenvalue weighted by molar-refractivity contribution is 5.91. The second-order valence-electron chi connectivity index (χ2n) is 6.20. The maximum absolute atomic E-state index is 11.7. The van der Waals surface area contributed by atoms with Crippen LogP contribution in [0.3, 0.4) is 0 Å². The molecule has 2 fully saturated rings. The van der Waals surface area contributed by atoms with E-state index in [1.807, 2.05) is 0 Å². The molecule has 0 aromatic heterocycles. The molecule has 3 heteroatoms. The predicted molar refractivity (Wildman–Crippen MR) is 67.8 cm³/mol. The van der Waals surface area contributed by atoms with Gasteiger partial charge in [-0.2, -0.15) is 0 Å². The van der Waals surface area contributed by atoms with Gasteiger partial charge in [0.2, 0.25) is 0 Å². The van der Waals surface area contributed by atoms with Gasteiger partial charge in [0, 0.05) is 11.0 Å². The first kappa shape index (κ1) is 12.0. The molecule has 3 aliphatic rings. The fourth-order valence-corrected chi connectivity index (χ4v) is 3.95. The molecule has 1 heterocycles. The summed E-state index contributed by atoms with van der Waals surface area (Å²) in [6, 6.07) is 0. The van der Waals surface area contributed by atoms with Crippen LogP contribution in [0.5, 0.6) is 0 Å². The van der Waals surface area contributed by atoms with Crippen LogP contribution in [-0.4, -0.2) is 23.3 Å². The molecule has 98 valence electrons. The quantitative estimate of drug-likeness (QED) is 0.529. The van der Waals surface area contributed by atoms with Crippen LogP contribution in [0, 0.1) is 11.3 Å². The van der Waals surface area contributed by atoms with Crippen molar-refractivity contribution in [2.24, 2.45) is 11.3 Å². The summed E-state index contributed by atoms with van der Waals surface area (Å²) in [5, 5.41) is 10.6. The van der Waals surface area contributed by atoms with E-state index in [0.717, 1.165) is 31.3 Å². The van der Waals surface area contributed by atoms with Crippen molar-refractivity contribution < 1.29 is 14.6 Å². The summed E-state index contributed by atoms with van der Waals surface area (Å²) in [5.74, 6) is 0.0267. The molecule has 1 N–H and O–H groups in total. The zero-order valence-corrected chi connectivity index (χ0v) is 11.0. The molecule has 0 aromatic rings. The molecule has 0 radical (unpaired) electrons. The van der Waals surface area contributed by atoms with E-state index in [4.69, 9.17) is 4.74 Å². The van der Waals surface area contributed by atoms with Crippen LogP contribution >= 0.6 is 0 Å². The van der Waals surface area contributed by atoms with Gasteiger partial charge in [-0.05, 0) is 44.1 Å². The van der Waals surface area contributed by atoms with Gasteiger partial charge in [0.15, 0.2) is 6.10 Å². The van der Waals surface area contributed by atoms with Gasteiger partial charge in [0.1, 0.15) is 6.10 Å². The van der Waals surface area contributed by atoms with Crippen molar-refractivity contribution >= 4 is 5.97 Å². The maximum atomic E-state index is 11.7. The highest BCUT2D eigenvalue weighted by Gasteiger charge is 2.55. The van der Waals surface area contributed by atoms with E-state index >= 15 is 0 Å². The van der Waals surface area contributed by atoms with Crippen LogP contribution in [0.4, 0.5) is 0 Å². The Hall–Kier alpha value is -1.09. The largest absolute Gasteiger partial charge is 0.452 e. The lowest BCUT2D eigenvalue weighted by molar-refractivity contribution is -0.154. The topological polar surface area (TPSA) is 46.5 Å². The summed E-state index contributed by atoms with van der Waals surface area (Å²) in [6.07, 6.45) is 2.92. The minimum atomic E-state index is -0.593. The zero-order valence-electron chi connectivity index (χ0n) is 11.0. The smallest absolute Gasteiger partial charge is 0.334 e. The van der Waals surface area contributed by atoms with Gasteiger partial charge in [-0.15, -0.1) is 0 Å². The highest BCUT2D eigenvalue weighted by atomic mass is 16.6. The number of ether oxygens (including phenoxy) is 1. The van der Waals surface area contributed by atoms with E-state index in [-0.39, 0.29) is 17.3 Å². The molecule has 18 heavy (non-hydrogen) atoms. The van der Waals surface area contributed by atoms with Crippen molar-refractivity contribution in [2.45, 2.75) is 51.7 Å². The van der Waals surface area contributed by atoms with E-state index in [1.54, 1.807) is 6.92 Å². The fourth-order valence-electron chi connectivity index (χ4n) is 3.95. The molecule has 0 saturated heterocycles. The van der Waals surface area contributed by atoms with Crippen molar-refractivity contribution in [3.63, 3.8) is 0 Å². The monoisotopic (exact) mass is 248 g/mol. The van der Waals surface area contributed by atoms with Crippen LogP contribution in [-0.2, 0) is 9.53 Å². The molecule has 4 unspecified atom stereocenters. The van der Waals surface area contributed by atoms with E-state index in [9.17, 15) is 9.90 Å². The first-order chi connectivity index (χ1) is 8.45. The zero-order chi connectivity index (χ0) is 13.1. The molecule has 2 aliphatic carbocycles. The van der Waals surface area contributed by atoms with Crippen molar-refractivity contribution in [3.8, 4) is 0 Å². The van der Waals surface area contributed by atoms with Crippen LogP contribution < -0.4 is 0 Å². The molecule has 0 amide bonds. The van der Waals surface area contributed by atoms with Gasteiger partial charge in [0.25, 0.3) is 0 Å². The lowest BCUT2D eigenvalue weighted by Crippen LogP contribution is -2.53. The Kier molecular flexibility index (Phi) is 2.46. The van der Waals surface area contributed by atoms with Crippen molar-refractivity contribution in [1.82, 2.24) is 0 Å². The average Bonchev–Trinajstić information content (AvgIpc) is 2.60. The SMILES string of the molecule is C=C1CCCC2(C)C1CC1=C(C)C(=O)OC1C2O. The lowest BCUT2D eigenvalue weighted by atomic mass is 9.56. The molecular weight excluding hydrogens is 228 g/mol. The summed E-state index contributed by atoms with van der Waals surface area (Å²) < 4.78 is 5.35. The second kappa shape index (κ2) is 3.70. The fraction of sp³-hybridized carbons (Fsp3) is 0.667. The number of hydrogen-bond acceptors (Lipinski definition) is 3. The first-order valence-electron chi connectivity index (χ1n) is 6.71. The Morgan fingerprint density at radius 3 is 2.94 bits per heavy atom. The summed E-state index contributed by atoms with van der Waals surface area (Å²) in [5.41, 5.74) is 2.73. The average molecular weight is 248 g/mol. The molecule has 0 spiro atoms. The summed E-state index contributed by atoms with van der Waals surface area (Å²) >= 11 is 0. The Morgan fingerprint density at radius 2 is 2.22 bits per heavy atom. The molecule has 3 nitrogen and oxygen atoms in total. The number of esters is 1. The third-order valence-corrected chi connectivity index (χ3v) is 5.25. The van der Waals surface area contributed by atoms with Gasteiger partial charge in [-0.25, -0.2) is 4.79 Å². The van der Waals surface area contributed by atoms with Crippen LogP contribution in [0.1, 0.15) is 39.5 Å². The minimum absolute atomic E-state index is 0.186. The normalized spacial score (nSPS) is 43.6. The van der Waals surface area contributed by atoms with Crippen molar-refractivity contribution in [1.29, 1.82) is 0 Å². The number of carbonyl (C=O) groups is 1. The summed E-state index contributed by atoms with van der Waals surface area (Å²) in [6.45, 7) is 8.10.